The van der Waals surface area contributed by atoms with Crippen LogP contribution in [0.25, 0.3) is 0 Å². The number of hydrogen-bond donors (Lipinski definition) is 1. The molecule has 1 heteroatoms. The highest BCUT2D eigenvalue weighted by Crippen LogP contribution is 2.68. The lowest BCUT2D eigenvalue weighted by molar-refractivity contribution is 0.116. The van der Waals surface area contributed by atoms with Gasteiger partial charge in [-0.25, -0.2) is 0 Å². The van der Waals surface area contributed by atoms with E-state index in [4.69, 9.17) is 0 Å². The number of hydrogen-bond acceptors (Lipinski definition) is 1. The smallest absolute Gasteiger partial charge is 0.00883 e. The molecule has 17 heavy (non-hydrogen) atoms. The van der Waals surface area contributed by atoms with Crippen molar-refractivity contribution in [3.63, 3.8) is 0 Å². The minimum atomic E-state index is 0.451. The van der Waals surface area contributed by atoms with Crippen molar-refractivity contribution in [3.8, 4) is 0 Å². The van der Waals surface area contributed by atoms with Crippen LogP contribution in [-0.2, 0) is 5.41 Å². The summed E-state index contributed by atoms with van der Waals surface area (Å²) in [5, 5.41) is 3.64. The van der Waals surface area contributed by atoms with E-state index in [9.17, 15) is 0 Å². The molecule has 1 spiro atoms. The monoisotopic (exact) mass is 229 g/mol. The molecule has 0 heterocycles. The second-order valence-electron chi connectivity index (χ2n) is 6.18. The van der Waals surface area contributed by atoms with Crippen LogP contribution >= 0.6 is 0 Å². The topological polar surface area (TPSA) is 12.0 Å². The Morgan fingerprint density at radius 1 is 1.12 bits per heavy atom. The molecule has 3 rings (SSSR count). The van der Waals surface area contributed by atoms with E-state index in [0.717, 1.165) is 12.0 Å². The quantitative estimate of drug-likeness (QED) is 0.762. The first-order valence-corrected chi connectivity index (χ1v) is 7.05. The molecular weight excluding hydrogens is 206 g/mol. The Bertz CT molecular complexity index is 370. The van der Waals surface area contributed by atoms with Crippen LogP contribution in [0.4, 0.5) is 0 Å². The van der Waals surface area contributed by atoms with Gasteiger partial charge in [-0.1, -0.05) is 37.3 Å². The predicted molar refractivity (Wildman–Crippen MR) is 72.2 cm³/mol. The van der Waals surface area contributed by atoms with Crippen molar-refractivity contribution < 1.29 is 0 Å². The van der Waals surface area contributed by atoms with Crippen LogP contribution < -0.4 is 5.32 Å². The van der Waals surface area contributed by atoms with Crippen molar-refractivity contribution in [1.82, 2.24) is 5.32 Å². The van der Waals surface area contributed by atoms with Gasteiger partial charge in [-0.15, -0.1) is 0 Å². The first kappa shape index (κ1) is 11.3. The molecule has 0 radical (unpaired) electrons. The highest BCUT2D eigenvalue weighted by atomic mass is 14.9. The Morgan fingerprint density at radius 2 is 1.82 bits per heavy atom. The van der Waals surface area contributed by atoms with Crippen molar-refractivity contribution in [2.24, 2.45) is 5.41 Å². The van der Waals surface area contributed by atoms with Crippen molar-refractivity contribution >= 4 is 0 Å². The lowest BCUT2D eigenvalue weighted by atomic mass is 9.56. The predicted octanol–water partition coefficient (Wildman–Crippen LogP) is 3.50. The van der Waals surface area contributed by atoms with Crippen molar-refractivity contribution in [2.75, 3.05) is 13.1 Å². The molecule has 1 aromatic rings. The summed E-state index contributed by atoms with van der Waals surface area (Å²) in [7, 11) is 0. The second-order valence-corrected chi connectivity index (χ2v) is 6.18. The first-order valence-electron chi connectivity index (χ1n) is 7.05. The van der Waals surface area contributed by atoms with Gasteiger partial charge in [-0.2, -0.15) is 0 Å². The van der Waals surface area contributed by atoms with E-state index in [0.29, 0.717) is 5.41 Å². The first-order chi connectivity index (χ1) is 8.29. The van der Waals surface area contributed by atoms with E-state index < -0.39 is 0 Å². The Hall–Kier alpha value is -0.820. The fraction of sp³-hybridized carbons (Fsp3) is 0.625. The lowest BCUT2D eigenvalue weighted by Crippen LogP contribution is -2.49. The molecule has 0 aliphatic heterocycles. The van der Waals surface area contributed by atoms with Crippen LogP contribution in [0.5, 0.6) is 0 Å². The molecular formula is C16H23N. The standard InChI is InChI=1S/C16H23N/c1-2-10-17-13-16(11-15(12-16)8-9-15)14-6-4-3-5-7-14/h3-7,17H,2,8-13H2,1H3. The molecule has 2 aliphatic carbocycles. The zero-order chi connectivity index (χ0) is 11.8. The third-order valence-electron chi connectivity index (χ3n) is 4.66. The maximum Gasteiger partial charge on any atom is 0.00883 e. The van der Waals surface area contributed by atoms with E-state index >= 15 is 0 Å². The molecule has 0 saturated heterocycles. The van der Waals surface area contributed by atoms with E-state index in [1.54, 1.807) is 5.56 Å². The van der Waals surface area contributed by atoms with Gasteiger partial charge in [0, 0.05) is 12.0 Å². The van der Waals surface area contributed by atoms with Crippen molar-refractivity contribution in [2.45, 2.75) is 44.4 Å². The van der Waals surface area contributed by atoms with Gasteiger partial charge in [-0.05, 0) is 49.6 Å². The minimum absolute atomic E-state index is 0.451. The molecule has 2 aliphatic rings. The van der Waals surface area contributed by atoms with Crippen LogP contribution in [0.3, 0.4) is 0 Å². The molecule has 0 aromatic heterocycles. The normalized spacial score (nSPS) is 23.4. The SMILES string of the molecule is CCCNCC1(c2ccccc2)CC2(CC2)C1. The Morgan fingerprint density at radius 3 is 2.41 bits per heavy atom. The number of benzene rings is 1. The van der Waals surface area contributed by atoms with E-state index in [1.165, 1.54) is 38.6 Å². The van der Waals surface area contributed by atoms with Crippen LogP contribution in [0.1, 0.15) is 44.6 Å². The number of nitrogens with one attached hydrogen (secondary N) is 1. The third-order valence-corrected chi connectivity index (χ3v) is 4.66. The van der Waals surface area contributed by atoms with Gasteiger partial charge in [0.2, 0.25) is 0 Å². The van der Waals surface area contributed by atoms with Crippen LogP contribution in [0.2, 0.25) is 0 Å². The molecule has 2 fully saturated rings. The Labute approximate surface area is 105 Å². The summed E-state index contributed by atoms with van der Waals surface area (Å²) in [5.41, 5.74) is 2.78. The van der Waals surface area contributed by atoms with Crippen LogP contribution in [-0.4, -0.2) is 13.1 Å². The van der Waals surface area contributed by atoms with Gasteiger partial charge in [0.05, 0.1) is 0 Å². The van der Waals surface area contributed by atoms with Crippen LogP contribution in [0.15, 0.2) is 30.3 Å². The van der Waals surface area contributed by atoms with Gasteiger partial charge in [-0.3, -0.25) is 0 Å². The molecule has 0 atom stereocenters. The molecule has 1 N–H and O–H groups in total. The van der Waals surface area contributed by atoms with E-state index in [-0.39, 0.29) is 0 Å². The Balaban J connectivity index is 1.73. The van der Waals surface area contributed by atoms with Gasteiger partial charge in [0.15, 0.2) is 0 Å². The fourth-order valence-corrected chi connectivity index (χ4v) is 3.64. The molecule has 0 bridgehead atoms. The number of rotatable bonds is 5. The minimum Gasteiger partial charge on any atom is -0.316 e. The maximum absolute atomic E-state index is 3.64. The molecule has 1 aromatic carbocycles. The molecule has 0 amide bonds. The average molecular weight is 229 g/mol. The van der Waals surface area contributed by atoms with Crippen molar-refractivity contribution in [3.05, 3.63) is 35.9 Å². The lowest BCUT2D eigenvalue weighted by Gasteiger charge is -2.49. The summed E-state index contributed by atoms with van der Waals surface area (Å²) in [6.45, 7) is 4.57. The highest BCUT2D eigenvalue weighted by Gasteiger charge is 2.60. The molecule has 1 nitrogen and oxygen atoms in total. The largest absolute Gasteiger partial charge is 0.316 e. The summed E-state index contributed by atoms with van der Waals surface area (Å²) >= 11 is 0. The van der Waals surface area contributed by atoms with Gasteiger partial charge in [0.25, 0.3) is 0 Å². The fourth-order valence-electron chi connectivity index (χ4n) is 3.64. The summed E-state index contributed by atoms with van der Waals surface area (Å²) < 4.78 is 0. The van der Waals surface area contributed by atoms with Gasteiger partial charge < -0.3 is 5.32 Å². The average Bonchev–Trinajstić information content (AvgIpc) is 3.09. The zero-order valence-corrected chi connectivity index (χ0v) is 10.8. The maximum atomic E-state index is 3.64. The second kappa shape index (κ2) is 4.13. The summed E-state index contributed by atoms with van der Waals surface area (Å²) in [6.07, 6.45) is 7.03. The van der Waals surface area contributed by atoms with Crippen molar-refractivity contribution in [1.29, 1.82) is 0 Å². The zero-order valence-electron chi connectivity index (χ0n) is 10.8. The highest BCUT2D eigenvalue weighted by molar-refractivity contribution is 5.33. The third kappa shape index (κ3) is 2.01. The molecule has 92 valence electrons. The molecule has 2 saturated carbocycles. The van der Waals surface area contributed by atoms with E-state index in [1.807, 2.05) is 0 Å². The van der Waals surface area contributed by atoms with Gasteiger partial charge in [0.1, 0.15) is 0 Å². The summed E-state index contributed by atoms with van der Waals surface area (Å²) in [5.74, 6) is 0. The molecule has 0 unspecified atom stereocenters. The Kier molecular flexibility index (Phi) is 2.74. The van der Waals surface area contributed by atoms with Crippen LogP contribution in [0, 0.1) is 5.41 Å². The van der Waals surface area contributed by atoms with Gasteiger partial charge >= 0.3 is 0 Å². The van der Waals surface area contributed by atoms with E-state index in [2.05, 4.69) is 42.6 Å². The summed E-state index contributed by atoms with van der Waals surface area (Å²) in [6, 6.07) is 11.2. The summed E-state index contributed by atoms with van der Waals surface area (Å²) in [4.78, 5) is 0.